The summed E-state index contributed by atoms with van der Waals surface area (Å²) in [6.07, 6.45) is 0. The van der Waals surface area contributed by atoms with Crippen LogP contribution in [-0.2, 0) is 0 Å². The Morgan fingerprint density at radius 3 is 2.05 bits per heavy atom. The highest BCUT2D eigenvalue weighted by Gasteiger charge is 2.26. The Labute approximate surface area is 240 Å². The quantitative estimate of drug-likeness (QED) is 0.205. The summed E-state index contributed by atoms with van der Waals surface area (Å²) in [6.45, 7) is 0. The van der Waals surface area contributed by atoms with E-state index in [2.05, 4.69) is 40.2 Å². The first-order valence-corrected chi connectivity index (χ1v) is 13.6. The number of benzene rings is 4. The van der Waals surface area contributed by atoms with Gasteiger partial charge in [0.15, 0.2) is 0 Å². The van der Waals surface area contributed by atoms with Crippen LogP contribution in [0.5, 0.6) is 0 Å². The van der Waals surface area contributed by atoms with Crippen molar-refractivity contribution in [1.29, 1.82) is 0 Å². The third-order valence-corrected chi connectivity index (χ3v) is 7.46. The molecule has 190 valence electrons. The summed E-state index contributed by atoms with van der Waals surface area (Å²) in [5.41, 5.74) is 7.11. The molecule has 0 N–H and O–H groups in total. The van der Waals surface area contributed by atoms with E-state index in [9.17, 15) is 4.79 Å². The van der Waals surface area contributed by atoms with Crippen molar-refractivity contribution in [2.75, 3.05) is 14.1 Å². The fraction of sp³-hybridized carbons (Fsp3) is 0.0606. The molecule has 0 radical (unpaired) electrons. The Bertz CT molecular complexity index is 1870. The second kappa shape index (κ2) is 10.3. The van der Waals surface area contributed by atoms with Crippen molar-refractivity contribution in [2.45, 2.75) is 0 Å². The molecule has 0 atom stereocenters. The third-order valence-electron chi connectivity index (χ3n) is 6.73. The van der Waals surface area contributed by atoms with Gasteiger partial charge in [0.25, 0.3) is 5.91 Å². The van der Waals surface area contributed by atoms with Gasteiger partial charge in [0.1, 0.15) is 5.69 Å². The Kier molecular flexibility index (Phi) is 6.63. The van der Waals surface area contributed by atoms with E-state index in [0.717, 1.165) is 43.0 Å². The first-order chi connectivity index (χ1) is 18.9. The normalized spacial score (nSPS) is 11.2. The Balaban J connectivity index is 1.80. The van der Waals surface area contributed by atoms with Crippen LogP contribution in [0, 0.1) is 0 Å². The van der Waals surface area contributed by atoms with Gasteiger partial charge in [0.2, 0.25) is 0 Å². The van der Waals surface area contributed by atoms with Crippen LogP contribution in [0.4, 0.5) is 0 Å². The number of nitrogens with zero attached hydrogens (tertiary/aromatic N) is 3. The lowest BCUT2D eigenvalue weighted by Crippen LogP contribution is -2.24. The topological polar surface area (TPSA) is 46.1 Å². The predicted molar refractivity (Wildman–Crippen MR) is 164 cm³/mol. The van der Waals surface area contributed by atoms with Crippen molar-refractivity contribution in [1.82, 2.24) is 14.9 Å². The maximum Gasteiger partial charge on any atom is 0.272 e. The van der Waals surface area contributed by atoms with E-state index in [4.69, 9.17) is 21.6 Å². The predicted octanol–water partition coefficient (Wildman–Crippen LogP) is 8.90. The Hall–Kier alpha value is -4.06. The van der Waals surface area contributed by atoms with Gasteiger partial charge in [-0.2, -0.15) is 0 Å². The molecule has 39 heavy (non-hydrogen) atoms. The van der Waals surface area contributed by atoms with Gasteiger partial charge < -0.3 is 4.90 Å². The molecule has 0 bridgehead atoms. The molecule has 4 nitrogen and oxygen atoms in total. The molecule has 6 heteroatoms. The molecular formula is C33H23BrClN3O. The maximum absolute atomic E-state index is 13.7. The second-order valence-corrected chi connectivity index (χ2v) is 10.9. The third kappa shape index (κ3) is 4.69. The summed E-state index contributed by atoms with van der Waals surface area (Å²) in [5.74, 6) is -0.196. The molecule has 0 unspecified atom stereocenters. The highest BCUT2D eigenvalue weighted by atomic mass is 79.9. The first kappa shape index (κ1) is 25.2. The summed E-state index contributed by atoms with van der Waals surface area (Å²) in [6, 6.07) is 34.0. The van der Waals surface area contributed by atoms with Gasteiger partial charge in [-0.25, -0.2) is 9.97 Å². The summed E-state index contributed by atoms with van der Waals surface area (Å²) in [5, 5.41) is 2.47. The lowest BCUT2D eigenvalue weighted by molar-refractivity contribution is 0.0823. The number of carbonyl (C=O) groups excluding carboxylic acids is 1. The van der Waals surface area contributed by atoms with E-state index in [1.807, 2.05) is 72.8 Å². The number of aromatic nitrogens is 2. The minimum atomic E-state index is -0.196. The number of hydrogen-bond acceptors (Lipinski definition) is 3. The van der Waals surface area contributed by atoms with Gasteiger partial charge in [0, 0.05) is 45.5 Å². The standard InChI is InChI=1S/C33H23BrClN3O/c1-38(2)33(39)32-31(30(21-11-7-4-8-12-21)26-18-23(35)14-16-28(26)37-32)29-19-24(20-9-5-3-6-10-20)25-17-22(34)13-15-27(25)36-29/h3-19H,1-2H3. The van der Waals surface area contributed by atoms with Crippen molar-refractivity contribution < 1.29 is 4.79 Å². The van der Waals surface area contributed by atoms with Crippen LogP contribution in [0.2, 0.25) is 5.02 Å². The van der Waals surface area contributed by atoms with Crippen molar-refractivity contribution in [3.8, 4) is 33.5 Å². The number of pyridine rings is 2. The number of hydrogen-bond donors (Lipinski definition) is 0. The Morgan fingerprint density at radius 1 is 0.718 bits per heavy atom. The summed E-state index contributed by atoms with van der Waals surface area (Å²) >= 11 is 10.1. The van der Waals surface area contributed by atoms with Gasteiger partial charge in [-0.3, -0.25) is 4.79 Å². The fourth-order valence-corrected chi connectivity index (χ4v) is 5.47. The lowest BCUT2D eigenvalue weighted by Gasteiger charge is -2.20. The highest BCUT2D eigenvalue weighted by molar-refractivity contribution is 9.10. The summed E-state index contributed by atoms with van der Waals surface area (Å²) in [4.78, 5) is 25.3. The minimum absolute atomic E-state index is 0.196. The van der Waals surface area contributed by atoms with Gasteiger partial charge >= 0.3 is 0 Å². The van der Waals surface area contributed by atoms with Crippen molar-refractivity contribution in [3.05, 3.63) is 118 Å². The van der Waals surface area contributed by atoms with E-state index in [-0.39, 0.29) is 5.91 Å². The van der Waals surface area contributed by atoms with E-state index in [1.54, 1.807) is 25.1 Å². The van der Waals surface area contributed by atoms with Crippen LogP contribution < -0.4 is 0 Å². The molecule has 2 heterocycles. The zero-order valence-corrected chi connectivity index (χ0v) is 23.7. The molecule has 0 aliphatic rings. The fourth-order valence-electron chi connectivity index (χ4n) is 4.94. The average molecular weight is 593 g/mol. The highest BCUT2D eigenvalue weighted by Crippen LogP contribution is 2.42. The van der Waals surface area contributed by atoms with E-state index in [1.165, 1.54) is 0 Å². The molecule has 0 spiro atoms. The molecule has 1 amide bonds. The van der Waals surface area contributed by atoms with E-state index < -0.39 is 0 Å². The SMILES string of the molecule is CN(C)C(=O)c1nc2ccc(Cl)cc2c(-c2ccccc2)c1-c1cc(-c2ccccc2)c2cc(Br)ccc2n1. The average Bonchev–Trinajstić information content (AvgIpc) is 2.96. The van der Waals surface area contributed by atoms with Crippen LogP contribution in [0.3, 0.4) is 0 Å². The Morgan fingerprint density at radius 2 is 1.36 bits per heavy atom. The number of halogens is 2. The van der Waals surface area contributed by atoms with Crippen molar-refractivity contribution in [3.63, 3.8) is 0 Å². The molecule has 0 aliphatic heterocycles. The summed E-state index contributed by atoms with van der Waals surface area (Å²) < 4.78 is 0.970. The van der Waals surface area contributed by atoms with Gasteiger partial charge in [-0.15, -0.1) is 0 Å². The van der Waals surface area contributed by atoms with Crippen LogP contribution >= 0.6 is 27.5 Å². The zero-order valence-electron chi connectivity index (χ0n) is 21.3. The number of amides is 1. The largest absolute Gasteiger partial charge is 0.343 e. The molecule has 4 aromatic carbocycles. The van der Waals surface area contributed by atoms with Gasteiger partial charge in [-0.1, -0.05) is 88.2 Å². The molecule has 2 aromatic heterocycles. The molecule has 6 rings (SSSR count). The van der Waals surface area contributed by atoms with Gasteiger partial charge in [0.05, 0.1) is 16.7 Å². The van der Waals surface area contributed by atoms with Crippen LogP contribution in [0.25, 0.3) is 55.3 Å². The van der Waals surface area contributed by atoms with E-state index in [0.29, 0.717) is 27.5 Å². The lowest BCUT2D eigenvalue weighted by atomic mass is 9.90. The molecule has 0 saturated heterocycles. The van der Waals surface area contributed by atoms with Crippen LogP contribution in [-0.4, -0.2) is 34.9 Å². The monoisotopic (exact) mass is 591 g/mol. The molecule has 6 aromatic rings. The smallest absolute Gasteiger partial charge is 0.272 e. The second-order valence-electron chi connectivity index (χ2n) is 9.52. The number of rotatable bonds is 4. The number of carbonyl (C=O) groups is 1. The molecule has 0 fully saturated rings. The summed E-state index contributed by atoms with van der Waals surface area (Å²) in [7, 11) is 3.48. The molecule has 0 saturated carbocycles. The van der Waals surface area contributed by atoms with Crippen molar-refractivity contribution >= 4 is 55.2 Å². The first-order valence-electron chi connectivity index (χ1n) is 12.5. The van der Waals surface area contributed by atoms with Crippen LogP contribution in [0.15, 0.2) is 108 Å². The van der Waals surface area contributed by atoms with Crippen LogP contribution in [0.1, 0.15) is 10.5 Å². The van der Waals surface area contributed by atoms with E-state index >= 15 is 0 Å². The zero-order chi connectivity index (χ0) is 27.1. The minimum Gasteiger partial charge on any atom is -0.343 e. The molecule has 0 aliphatic carbocycles. The molecular weight excluding hydrogens is 570 g/mol. The van der Waals surface area contributed by atoms with Gasteiger partial charge in [-0.05, 0) is 59.2 Å². The van der Waals surface area contributed by atoms with Crippen molar-refractivity contribution in [2.24, 2.45) is 0 Å². The number of fused-ring (bicyclic) bond motifs is 2. The maximum atomic E-state index is 13.7.